The summed E-state index contributed by atoms with van der Waals surface area (Å²) in [5.74, 6) is 0.155. The first-order chi connectivity index (χ1) is 8.69. The number of amides is 1. The number of nitrogens with zero attached hydrogens (tertiary/aromatic N) is 1. The number of rotatable bonds is 3. The maximum absolute atomic E-state index is 12.2. The zero-order valence-electron chi connectivity index (χ0n) is 10.8. The molecule has 1 aromatic carbocycles. The fourth-order valence-electron chi connectivity index (χ4n) is 2.18. The maximum Gasteiger partial charge on any atom is 0.227 e. The van der Waals surface area contributed by atoms with Crippen molar-refractivity contribution in [2.45, 2.75) is 25.9 Å². The Balaban J connectivity index is 1.95. The summed E-state index contributed by atoms with van der Waals surface area (Å²) in [6.45, 7) is 4.12. The van der Waals surface area contributed by atoms with E-state index in [2.05, 4.69) is 6.92 Å². The van der Waals surface area contributed by atoms with Crippen LogP contribution in [0.4, 0.5) is 5.69 Å². The maximum atomic E-state index is 12.2. The van der Waals surface area contributed by atoms with E-state index in [1.807, 2.05) is 29.2 Å². The lowest BCUT2D eigenvalue weighted by atomic mass is 10.1. The number of nitrogen functional groups attached to an aromatic ring is 1. The number of nitrogens with two attached hydrogens (primary N) is 1. The molecule has 2 N–H and O–H groups in total. The predicted molar refractivity (Wildman–Crippen MR) is 71.2 cm³/mol. The van der Waals surface area contributed by atoms with Crippen molar-refractivity contribution in [2.24, 2.45) is 0 Å². The summed E-state index contributed by atoms with van der Waals surface area (Å²) >= 11 is 0. The number of hydrogen-bond donors (Lipinski definition) is 1. The fraction of sp³-hybridized carbons (Fsp3) is 0.500. The van der Waals surface area contributed by atoms with Gasteiger partial charge in [-0.25, -0.2) is 0 Å². The lowest BCUT2D eigenvalue weighted by Gasteiger charge is -2.32. The lowest BCUT2D eigenvalue weighted by Crippen LogP contribution is -2.45. The van der Waals surface area contributed by atoms with Crippen molar-refractivity contribution in [2.75, 3.05) is 25.4 Å². The van der Waals surface area contributed by atoms with E-state index in [9.17, 15) is 4.79 Å². The van der Waals surface area contributed by atoms with E-state index in [0.29, 0.717) is 31.8 Å². The van der Waals surface area contributed by atoms with Crippen LogP contribution in [0.5, 0.6) is 0 Å². The molecule has 98 valence electrons. The topological polar surface area (TPSA) is 55.6 Å². The molecular formula is C14H20N2O2. The van der Waals surface area contributed by atoms with E-state index in [1.54, 1.807) is 0 Å². The highest BCUT2D eigenvalue weighted by Gasteiger charge is 2.22. The Morgan fingerprint density at radius 2 is 2.39 bits per heavy atom. The number of morpholine rings is 1. The zero-order valence-corrected chi connectivity index (χ0v) is 10.8. The Hall–Kier alpha value is -1.55. The average molecular weight is 248 g/mol. The largest absolute Gasteiger partial charge is 0.399 e. The van der Waals surface area contributed by atoms with Gasteiger partial charge in [-0.3, -0.25) is 4.79 Å². The average Bonchev–Trinajstić information content (AvgIpc) is 2.39. The van der Waals surface area contributed by atoms with E-state index in [-0.39, 0.29) is 12.0 Å². The highest BCUT2D eigenvalue weighted by atomic mass is 16.5. The molecule has 0 radical (unpaired) electrons. The lowest BCUT2D eigenvalue weighted by molar-refractivity contribution is -0.138. The smallest absolute Gasteiger partial charge is 0.227 e. The first kappa shape index (κ1) is 12.9. The van der Waals surface area contributed by atoms with Gasteiger partial charge < -0.3 is 15.4 Å². The van der Waals surface area contributed by atoms with Crippen LogP contribution in [0.1, 0.15) is 18.9 Å². The van der Waals surface area contributed by atoms with Crippen LogP contribution in [0.2, 0.25) is 0 Å². The predicted octanol–water partition coefficient (Wildman–Crippen LogP) is 1.45. The van der Waals surface area contributed by atoms with E-state index in [4.69, 9.17) is 10.5 Å². The molecule has 1 aliphatic heterocycles. The first-order valence-electron chi connectivity index (χ1n) is 6.43. The third-order valence-corrected chi connectivity index (χ3v) is 3.25. The van der Waals surface area contributed by atoms with Gasteiger partial charge in [0.1, 0.15) is 0 Å². The molecule has 18 heavy (non-hydrogen) atoms. The van der Waals surface area contributed by atoms with Gasteiger partial charge in [0, 0.05) is 18.8 Å². The number of carbonyl (C=O) groups excluding carboxylic acids is 1. The van der Waals surface area contributed by atoms with E-state index in [0.717, 1.165) is 12.0 Å². The standard InChI is InChI=1S/C14H20N2O2/c1-2-13-10-16(6-7-18-13)14(17)9-11-4-3-5-12(15)8-11/h3-5,8,13H,2,6-7,9-10,15H2,1H3. The third kappa shape index (κ3) is 3.23. The van der Waals surface area contributed by atoms with Crippen LogP contribution in [-0.2, 0) is 16.0 Å². The van der Waals surface area contributed by atoms with Crippen molar-refractivity contribution in [1.82, 2.24) is 4.90 Å². The highest BCUT2D eigenvalue weighted by Crippen LogP contribution is 2.12. The molecule has 1 heterocycles. The molecule has 0 saturated carbocycles. The van der Waals surface area contributed by atoms with Crippen LogP contribution in [0.3, 0.4) is 0 Å². The summed E-state index contributed by atoms with van der Waals surface area (Å²) in [5.41, 5.74) is 7.39. The van der Waals surface area contributed by atoms with Crippen LogP contribution >= 0.6 is 0 Å². The molecule has 0 bridgehead atoms. The van der Waals surface area contributed by atoms with Crippen LogP contribution in [0.25, 0.3) is 0 Å². The number of hydrogen-bond acceptors (Lipinski definition) is 3. The quantitative estimate of drug-likeness (QED) is 0.824. The Kier molecular flexibility index (Phi) is 4.20. The van der Waals surface area contributed by atoms with Gasteiger partial charge in [0.25, 0.3) is 0 Å². The summed E-state index contributed by atoms with van der Waals surface area (Å²) < 4.78 is 5.56. The van der Waals surface area contributed by atoms with Crippen molar-refractivity contribution in [3.8, 4) is 0 Å². The van der Waals surface area contributed by atoms with Gasteiger partial charge >= 0.3 is 0 Å². The molecule has 0 aromatic heterocycles. The Morgan fingerprint density at radius 1 is 1.56 bits per heavy atom. The van der Waals surface area contributed by atoms with Crippen LogP contribution < -0.4 is 5.73 Å². The molecular weight excluding hydrogens is 228 g/mol. The van der Waals surface area contributed by atoms with E-state index >= 15 is 0 Å². The third-order valence-electron chi connectivity index (χ3n) is 3.25. The monoisotopic (exact) mass is 248 g/mol. The van der Waals surface area contributed by atoms with Crippen molar-refractivity contribution >= 4 is 11.6 Å². The van der Waals surface area contributed by atoms with Gasteiger partial charge in [-0.2, -0.15) is 0 Å². The molecule has 1 atom stereocenters. The summed E-state index contributed by atoms with van der Waals surface area (Å²) in [6, 6.07) is 7.50. The second-order valence-electron chi connectivity index (χ2n) is 4.66. The Morgan fingerprint density at radius 3 is 3.11 bits per heavy atom. The van der Waals surface area contributed by atoms with Gasteiger partial charge in [0.05, 0.1) is 19.1 Å². The molecule has 1 fully saturated rings. The van der Waals surface area contributed by atoms with Gasteiger partial charge in [0.15, 0.2) is 0 Å². The van der Waals surface area contributed by atoms with Crippen LogP contribution in [0, 0.1) is 0 Å². The van der Waals surface area contributed by atoms with Gasteiger partial charge in [-0.1, -0.05) is 19.1 Å². The van der Waals surface area contributed by atoms with Crippen molar-refractivity contribution < 1.29 is 9.53 Å². The van der Waals surface area contributed by atoms with Crippen LogP contribution in [0.15, 0.2) is 24.3 Å². The molecule has 4 nitrogen and oxygen atoms in total. The van der Waals surface area contributed by atoms with E-state index < -0.39 is 0 Å². The fourth-order valence-corrected chi connectivity index (χ4v) is 2.18. The molecule has 1 aromatic rings. The molecule has 0 aliphatic carbocycles. The molecule has 1 aliphatic rings. The Bertz CT molecular complexity index is 420. The number of anilines is 1. The minimum atomic E-state index is 0.155. The second-order valence-corrected chi connectivity index (χ2v) is 4.66. The SMILES string of the molecule is CCC1CN(C(=O)Cc2cccc(N)c2)CCO1. The molecule has 1 amide bonds. The summed E-state index contributed by atoms with van der Waals surface area (Å²) in [4.78, 5) is 14.1. The summed E-state index contributed by atoms with van der Waals surface area (Å²) in [7, 11) is 0. The van der Waals surface area contributed by atoms with Gasteiger partial charge in [0.2, 0.25) is 5.91 Å². The minimum Gasteiger partial charge on any atom is -0.399 e. The number of ether oxygens (including phenoxy) is 1. The van der Waals surface area contributed by atoms with Crippen LogP contribution in [-0.4, -0.2) is 36.6 Å². The number of benzene rings is 1. The Labute approximate surface area is 108 Å². The van der Waals surface area contributed by atoms with Crippen molar-refractivity contribution in [3.63, 3.8) is 0 Å². The molecule has 1 saturated heterocycles. The normalized spacial score (nSPS) is 19.8. The highest BCUT2D eigenvalue weighted by molar-refractivity contribution is 5.79. The zero-order chi connectivity index (χ0) is 13.0. The van der Waals surface area contributed by atoms with Gasteiger partial charge in [-0.05, 0) is 24.1 Å². The molecule has 2 rings (SSSR count). The molecule has 4 heteroatoms. The first-order valence-corrected chi connectivity index (χ1v) is 6.43. The van der Waals surface area contributed by atoms with Crippen molar-refractivity contribution in [1.29, 1.82) is 0 Å². The summed E-state index contributed by atoms with van der Waals surface area (Å²) in [6.07, 6.45) is 1.55. The number of carbonyl (C=O) groups is 1. The summed E-state index contributed by atoms with van der Waals surface area (Å²) in [5, 5.41) is 0. The van der Waals surface area contributed by atoms with Gasteiger partial charge in [-0.15, -0.1) is 0 Å². The second kappa shape index (κ2) is 5.87. The van der Waals surface area contributed by atoms with Crippen molar-refractivity contribution in [3.05, 3.63) is 29.8 Å². The van der Waals surface area contributed by atoms with E-state index in [1.165, 1.54) is 0 Å². The minimum absolute atomic E-state index is 0.155. The molecule has 0 spiro atoms. The molecule has 1 unspecified atom stereocenters.